The molecule has 290 valence electrons. The summed E-state index contributed by atoms with van der Waals surface area (Å²) in [5.41, 5.74) is 27.8. The topological polar surface area (TPSA) is 9.72 Å². The highest BCUT2D eigenvalue weighted by molar-refractivity contribution is 7.04. The Morgan fingerprint density at radius 1 is 0.306 bits per heavy atom. The first-order chi connectivity index (χ1) is 30.6. The molecule has 0 atom stereocenters. The minimum absolute atomic E-state index is 0.0219. The SMILES string of the molecule is Cc1cc(C)c(N2c3ccccc3B3c4ccccc4N4c5ccccc5B5c6ccccc6N(c6c(-c7ccccc7)cccc6-c6ccccc6)c6cc2c3c4c65)c(C)c1. The highest BCUT2D eigenvalue weighted by Crippen LogP contribution is 2.53. The van der Waals surface area contributed by atoms with Gasteiger partial charge < -0.3 is 14.7 Å². The molecule has 5 heteroatoms. The van der Waals surface area contributed by atoms with Gasteiger partial charge >= 0.3 is 0 Å². The van der Waals surface area contributed by atoms with Crippen molar-refractivity contribution >= 4 is 97.4 Å². The molecule has 0 amide bonds. The number of para-hydroxylation sites is 5. The summed E-state index contributed by atoms with van der Waals surface area (Å²) in [6.07, 6.45) is 0. The van der Waals surface area contributed by atoms with E-state index in [4.69, 9.17) is 0 Å². The average Bonchev–Trinajstić information content (AvgIpc) is 3.31. The zero-order valence-corrected chi connectivity index (χ0v) is 35.0. The molecule has 0 bridgehead atoms. The molecule has 13 rings (SSSR count). The standard InChI is InChI=1S/C57H41B2N3/c1-36-33-37(2)55(38(3)34-36)61-49-31-16-12-27-45(49)58-43-25-10-14-29-47(43)60-48-30-15-11-26-44(48)59-46-28-13-17-32-50(46)62(52-35-51(61)53(58)57(60)54(52)59)56-41(39-19-6-4-7-20-39)23-18-24-42(56)40-21-8-5-9-22-40/h4-35H,1-3H3. The number of fused-ring (bicyclic) bond motifs is 10. The first-order valence-corrected chi connectivity index (χ1v) is 21.9. The van der Waals surface area contributed by atoms with Crippen LogP contribution in [-0.4, -0.2) is 13.4 Å². The van der Waals surface area contributed by atoms with E-state index in [1.807, 2.05) is 0 Å². The highest BCUT2D eigenvalue weighted by atomic mass is 15.2. The van der Waals surface area contributed by atoms with Crippen LogP contribution in [0.5, 0.6) is 0 Å². The minimum atomic E-state index is 0.0219. The Kier molecular flexibility index (Phi) is 7.54. The van der Waals surface area contributed by atoms with Crippen LogP contribution in [0.2, 0.25) is 0 Å². The van der Waals surface area contributed by atoms with Crippen molar-refractivity contribution < 1.29 is 0 Å². The number of rotatable bonds is 4. The normalized spacial score (nSPS) is 13.6. The van der Waals surface area contributed by atoms with Crippen LogP contribution in [0.4, 0.5) is 51.2 Å². The lowest BCUT2D eigenvalue weighted by Gasteiger charge is -2.51. The second-order valence-electron chi connectivity index (χ2n) is 17.4. The monoisotopic (exact) mass is 789 g/mol. The van der Waals surface area contributed by atoms with Crippen molar-refractivity contribution in [2.75, 3.05) is 14.7 Å². The van der Waals surface area contributed by atoms with Crippen LogP contribution >= 0.6 is 0 Å². The molecule has 0 aliphatic carbocycles. The third-order valence-electron chi connectivity index (χ3n) is 13.9. The van der Waals surface area contributed by atoms with Gasteiger partial charge in [-0.3, -0.25) is 0 Å². The Hall–Kier alpha value is -7.49. The molecule has 9 aromatic rings. The molecule has 0 aromatic heterocycles. The number of hydrogen-bond donors (Lipinski definition) is 0. The van der Waals surface area contributed by atoms with E-state index in [-0.39, 0.29) is 13.4 Å². The lowest BCUT2D eigenvalue weighted by molar-refractivity contribution is 1.19. The van der Waals surface area contributed by atoms with Gasteiger partial charge in [-0.25, -0.2) is 0 Å². The van der Waals surface area contributed by atoms with Crippen LogP contribution in [0.3, 0.4) is 0 Å². The largest absolute Gasteiger partial charge is 0.312 e. The van der Waals surface area contributed by atoms with E-state index in [0.29, 0.717) is 0 Å². The van der Waals surface area contributed by atoms with Gasteiger partial charge in [0.15, 0.2) is 0 Å². The molecule has 0 spiro atoms. The predicted octanol–water partition coefficient (Wildman–Crippen LogP) is 10.6. The van der Waals surface area contributed by atoms with Gasteiger partial charge in [0.2, 0.25) is 0 Å². The Balaban J connectivity index is 1.23. The molecule has 0 saturated heterocycles. The van der Waals surface area contributed by atoms with E-state index in [0.717, 1.165) is 0 Å². The third kappa shape index (κ3) is 4.79. The first-order valence-electron chi connectivity index (χ1n) is 21.9. The minimum Gasteiger partial charge on any atom is -0.312 e. The molecule has 0 N–H and O–H groups in total. The molecule has 4 aliphatic heterocycles. The summed E-state index contributed by atoms with van der Waals surface area (Å²) in [5.74, 6) is 0. The Morgan fingerprint density at radius 2 is 0.661 bits per heavy atom. The first kappa shape index (κ1) is 35.3. The van der Waals surface area contributed by atoms with Crippen molar-refractivity contribution in [1.82, 2.24) is 0 Å². The summed E-state index contributed by atoms with van der Waals surface area (Å²) >= 11 is 0. The summed E-state index contributed by atoms with van der Waals surface area (Å²) < 4.78 is 0. The van der Waals surface area contributed by atoms with E-state index in [1.165, 1.54) is 123 Å². The highest BCUT2D eigenvalue weighted by Gasteiger charge is 2.51. The fourth-order valence-electron chi connectivity index (χ4n) is 11.7. The van der Waals surface area contributed by atoms with Crippen molar-refractivity contribution in [3.05, 3.63) is 211 Å². The van der Waals surface area contributed by atoms with Crippen LogP contribution in [-0.2, 0) is 0 Å². The Bertz CT molecular complexity index is 3230. The second kappa shape index (κ2) is 13.3. The molecule has 4 aliphatic rings. The lowest BCUT2D eigenvalue weighted by Crippen LogP contribution is -2.68. The number of hydrogen-bond acceptors (Lipinski definition) is 3. The van der Waals surface area contributed by atoms with Gasteiger partial charge in [-0.15, -0.1) is 0 Å². The predicted molar refractivity (Wildman–Crippen MR) is 265 cm³/mol. The van der Waals surface area contributed by atoms with Crippen LogP contribution < -0.4 is 47.5 Å². The van der Waals surface area contributed by atoms with Gasteiger partial charge in [0.25, 0.3) is 13.4 Å². The van der Waals surface area contributed by atoms with Crippen LogP contribution in [0.1, 0.15) is 16.7 Å². The van der Waals surface area contributed by atoms with E-state index in [1.54, 1.807) is 0 Å². The van der Waals surface area contributed by atoms with E-state index >= 15 is 0 Å². The van der Waals surface area contributed by atoms with Gasteiger partial charge in [-0.2, -0.15) is 0 Å². The fourth-order valence-corrected chi connectivity index (χ4v) is 11.7. The van der Waals surface area contributed by atoms with E-state index < -0.39 is 0 Å². The van der Waals surface area contributed by atoms with Crippen LogP contribution in [0.25, 0.3) is 22.3 Å². The summed E-state index contributed by atoms with van der Waals surface area (Å²) in [6, 6.07) is 72.8. The molecular weight excluding hydrogens is 748 g/mol. The summed E-state index contributed by atoms with van der Waals surface area (Å²) in [6.45, 7) is 6.86. The molecule has 0 unspecified atom stereocenters. The third-order valence-corrected chi connectivity index (χ3v) is 13.9. The van der Waals surface area contributed by atoms with Gasteiger partial charge in [0.05, 0.1) is 11.4 Å². The summed E-state index contributed by atoms with van der Waals surface area (Å²) in [7, 11) is 0. The molecule has 62 heavy (non-hydrogen) atoms. The number of benzene rings is 9. The van der Waals surface area contributed by atoms with Crippen molar-refractivity contribution in [1.29, 1.82) is 0 Å². The van der Waals surface area contributed by atoms with Crippen molar-refractivity contribution in [3.63, 3.8) is 0 Å². The zero-order chi connectivity index (χ0) is 41.2. The smallest absolute Gasteiger partial charge is 0.252 e. The molecule has 0 radical (unpaired) electrons. The quantitative estimate of drug-likeness (QED) is 0.165. The summed E-state index contributed by atoms with van der Waals surface area (Å²) in [5, 5.41) is 0. The zero-order valence-electron chi connectivity index (χ0n) is 35.0. The van der Waals surface area contributed by atoms with Gasteiger partial charge in [0, 0.05) is 50.9 Å². The Morgan fingerprint density at radius 3 is 1.08 bits per heavy atom. The van der Waals surface area contributed by atoms with Crippen LogP contribution in [0, 0.1) is 20.8 Å². The van der Waals surface area contributed by atoms with Crippen LogP contribution in [0.15, 0.2) is 194 Å². The maximum absolute atomic E-state index is 2.64. The summed E-state index contributed by atoms with van der Waals surface area (Å²) in [4.78, 5) is 7.88. The van der Waals surface area contributed by atoms with Crippen molar-refractivity contribution in [2.45, 2.75) is 20.8 Å². The van der Waals surface area contributed by atoms with E-state index in [2.05, 4.69) is 230 Å². The molecule has 0 saturated carbocycles. The number of nitrogens with zero attached hydrogens (tertiary/aromatic N) is 3. The van der Waals surface area contributed by atoms with Gasteiger partial charge in [0.1, 0.15) is 0 Å². The molecule has 3 nitrogen and oxygen atoms in total. The van der Waals surface area contributed by atoms with Gasteiger partial charge in [-0.05, 0) is 106 Å². The maximum atomic E-state index is 2.64. The number of anilines is 9. The van der Waals surface area contributed by atoms with Gasteiger partial charge in [-0.1, -0.05) is 169 Å². The number of aryl methyl sites for hydroxylation is 3. The molecule has 4 heterocycles. The average molecular weight is 790 g/mol. The van der Waals surface area contributed by atoms with Crippen molar-refractivity contribution in [2.24, 2.45) is 0 Å². The Labute approximate surface area is 364 Å². The molecular formula is C57H41B2N3. The second-order valence-corrected chi connectivity index (χ2v) is 17.4. The lowest BCUT2D eigenvalue weighted by atomic mass is 9.29. The molecule has 9 aromatic carbocycles. The maximum Gasteiger partial charge on any atom is 0.252 e. The van der Waals surface area contributed by atoms with E-state index in [9.17, 15) is 0 Å². The molecule has 0 fully saturated rings. The van der Waals surface area contributed by atoms with Crippen molar-refractivity contribution in [3.8, 4) is 22.3 Å². The fraction of sp³-hybridized carbons (Fsp3) is 0.0526.